The summed E-state index contributed by atoms with van der Waals surface area (Å²) in [4.78, 5) is 28.2. The molecule has 4 aromatic rings. The van der Waals surface area contributed by atoms with Crippen molar-refractivity contribution in [2.45, 2.75) is 18.9 Å². The monoisotopic (exact) mass is 513 g/mol. The Morgan fingerprint density at radius 3 is 2.91 bits per heavy atom. The molecule has 5 heterocycles. The van der Waals surface area contributed by atoms with Crippen molar-refractivity contribution < 1.29 is 9.53 Å². The smallest absolute Gasteiger partial charge is 0.265 e. The third-order valence-corrected chi connectivity index (χ3v) is 7.01. The molecule has 0 aromatic carbocycles. The van der Waals surface area contributed by atoms with Crippen LogP contribution in [0, 0.1) is 0 Å². The number of nitrogens with one attached hydrogen (secondary N) is 1. The predicted molar refractivity (Wildman–Crippen MR) is 135 cm³/mol. The SMILES string of the molecule is NCCOc1cc(Cl)sc1C(=O)N[C@@H]1CCCN(c2cc(-c3cncnc3)n3ncnc(N)c23)C1. The molecule has 5 rings (SSSR count). The number of piperidine rings is 1. The molecule has 1 atom stereocenters. The highest BCUT2D eigenvalue weighted by Gasteiger charge is 2.28. The highest BCUT2D eigenvalue weighted by atomic mass is 35.5. The summed E-state index contributed by atoms with van der Waals surface area (Å²) in [6.07, 6.45) is 8.10. The summed E-state index contributed by atoms with van der Waals surface area (Å²) < 4.78 is 7.85. The van der Waals surface area contributed by atoms with E-state index in [1.54, 1.807) is 23.0 Å². The Morgan fingerprint density at radius 1 is 1.29 bits per heavy atom. The van der Waals surface area contributed by atoms with E-state index in [-0.39, 0.29) is 11.9 Å². The number of hydrogen-bond acceptors (Lipinski definition) is 10. The maximum absolute atomic E-state index is 13.1. The molecule has 1 saturated heterocycles. The van der Waals surface area contributed by atoms with Gasteiger partial charge in [0.05, 0.1) is 15.7 Å². The van der Waals surface area contributed by atoms with E-state index in [0.29, 0.717) is 46.0 Å². The molecule has 4 aromatic heterocycles. The lowest BCUT2D eigenvalue weighted by Gasteiger charge is -2.34. The van der Waals surface area contributed by atoms with Crippen LogP contribution in [-0.4, -0.2) is 62.8 Å². The van der Waals surface area contributed by atoms with Gasteiger partial charge in [-0.2, -0.15) is 5.10 Å². The molecule has 0 bridgehead atoms. The lowest BCUT2D eigenvalue weighted by Crippen LogP contribution is -2.47. The molecule has 1 fully saturated rings. The van der Waals surface area contributed by atoms with Crippen LogP contribution >= 0.6 is 22.9 Å². The summed E-state index contributed by atoms with van der Waals surface area (Å²) in [7, 11) is 0. The van der Waals surface area contributed by atoms with Gasteiger partial charge in [0.25, 0.3) is 5.91 Å². The largest absolute Gasteiger partial charge is 0.490 e. The van der Waals surface area contributed by atoms with Crippen LogP contribution in [0.4, 0.5) is 11.5 Å². The van der Waals surface area contributed by atoms with Crippen molar-refractivity contribution in [1.29, 1.82) is 0 Å². The minimum atomic E-state index is -0.215. The van der Waals surface area contributed by atoms with E-state index in [1.165, 1.54) is 24.0 Å². The zero-order valence-corrected chi connectivity index (χ0v) is 20.3. The normalized spacial score (nSPS) is 15.9. The summed E-state index contributed by atoms with van der Waals surface area (Å²) in [5.41, 5.74) is 15.0. The van der Waals surface area contributed by atoms with Gasteiger partial charge in [-0.1, -0.05) is 11.6 Å². The van der Waals surface area contributed by atoms with E-state index in [4.69, 9.17) is 27.8 Å². The van der Waals surface area contributed by atoms with Gasteiger partial charge in [0, 0.05) is 49.7 Å². The van der Waals surface area contributed by atoms with Gasteiger partial charge in [0.2, 0.25) is 0 Å². The van der Waals surface area contributed by atoms with Crippen LogP contribution in [0.5, 0.6) is 5.75 Å². The topological polar surface area (TPSA) is 150 Å². The molecule has 1 amide bonds. The average molecular weight is 514 g/mol. The second-order valence-electron chi connectivity index (χ2n) is 8.09. The molecule has 11 nitrogen and oxygen atoms in total. The number of carbonyl (C=O) groups excluding carboxylic acids is 1. The Bertz CT molecular complexity index is 1340. The molecule has 1 aliphatic heterocycles. The number of thiophene rings is 1. The zero-order chi connectivity index (χ0) is 24.4. The fourth-order valence-electron chi connectivity index (χ4n) is 4.27. The van der Waals surface area contributed by atoms with Crippen molar-refractivity contribution in [3.05, 3.63) is 46.4 Å². The fraction of sp³-hybridized carbons (Fsp3) is 0.318. The summed E-state index contributed by atoms with van der Waals surface area (Å²) in [6, 6.07) is 3.58. The Labute approximate surface area is 210 Å². The van der Waals surface area contributed by atoms with E-state index in [1.807, 2.05) is 6.07 Å². The lowest BCUT2D eigenvalue weighted by atomic mass is 10.0. The lowest BCUT2D eigenvalue weighted by molar-refractivity contribution is 0.0934. The Hall–Kier alpha value is -3.48. The first-order chi connectivity index (χ1) is 17.0. The van der Waals surface area contributed by atoms with Crippen molar-refractivity contribution in [2.75, 3.05) is 36.9 Å². The van der Waals surface area contributed by atoms with Gasteiger partial charge in [-0.3, -0.25) is 4.79 Å². The number of nitrogen functional groups attached to an aromatic ring is 1. The minimum Gasteiger partial charge on any atom is -0.490 e. The number of nitrogens with zero attached hydrogens (tertiary/aromatic N) is 6. The van der Waals surface area contributed by atoms with Crippen LogP contribution in [0.3, 0.4) is 0 Å². The molecule has 182 valence electrons. The number of carbonyl (C=O) groups is 1. The summed E-state index contributed by atoms with van der Waals surface area (Å²) in [5, 5.41) is 7.55. The Balaban J connectivity index is 1.40. The van der Waals surface area contributed by atoms with Crippen molar-refractivity contribution in [3.63, 3.8) is 0 Å². The molecule has 1 aliphatic rings. The second kappa shape index (κ2) is 10.0. The summed E-state index contributed by atoms with van der Waals surface area (Å²) in [5.74, 6) is 0.611. The summed E-state index contributed by atoms with van der Waals surface area (Å²) in [6.45, 7) is 2.07. The van der Waals surface area contributed by atoms with Crippen molar-refractivity contribution >= 4 is 45.9 Å². The standard InChI is InChI=1S/C22H24ClN9O2S/c23-18-7-17(34-5-3-24)20(35-18)22(33)30-14-2-1-4-31(10-14)16-6-15(13-8-26-11-27-9-13)32-19(16)21(25)28-12-29-32/h6-9,11-12,14H,1-5,10,24H2,(H,30,33)(H2,25,28,29)/t14-/m1/s1. The third-order valence-electron chi connectivity index (χ3n) is 5.77. The van der Waals surface area contributed by atoms with E-state index < -0.39 is 0 Å². The van der Waals surface area contributed by atoms with Gasteiger partial charge in [0.15, 0.2) is 5.82 Å². The molecule has 0 spiro atoms. The maximum Gasteiger partial charge on any atom is 0.265 e. The molecule has 0 unspecified atom stereocenters. The number of nitrogens with two attached hydrogens (primary N) is 2. The molecule has 0 radical (unpaired) electrons. The quantitative estimate of drug-likeness (QED) is 0.338. The predicted octanol–water partition coefficient (Wildman–Crippen LogP) is 2.22. The Morgan fingerprint density at radius 2 is 2.11 bits per heavy atom. The van der Waals surface area contributed by atoms with Crippen LogP contribution < -0.4 is 26.4 Å². The fourth-order valence-corrected chi connectivity index (χ4v) is 5.33. The van der Waals surface area contributed by atoms with Gasteiger partial charge in [-0.05, 0) is 18.9 Å². The number of fused-ring (bicyclic) bond motifs is 1. The molecular formula is C22H24ClN9O2S. The molecular weight excluding hydrogens is 490 g/mol. The Kier molecular flexibility index (Phi) is 6.66. The average Bonchev–Trinajstić information content (AvgIpc) is 3.45. The zero-order valence-electron chi connectivity index (χ0n) is 18.7. The first kappa shape index (κ1) is 23.3. The summed E-state index contributed by atoms with van der Waals surface area (Å²) >= 11 is 7.33. The molecule has 0 aliphatic carbocycles. The van der Waals surface area contributed by atoms with Crippen molar-refractivity contribution in [1.82, 2.24) is 29.9 Å². The minimum absolute atomic E-state index is 0.0798. The molecule has 35 heavy (non-hydrogen) atoms. The maximum atomic E-state index is 13.1. The van der Waals surface area contributed by atoms with E-state index in [9.17, 15) is 4.79 Å². The first-order valence-electron chi connectivity index (χ1n) is 11.1. The van der Waals surface area contributed by atoms with Gasteiger partial charge in [-0.25, -0.2) is 19.5 Å². The number of anilines is 2. The highest BCUT2D eigenvalue weighted by molar-refractivity contribution is 7.18. The van der Waals surface area contributed by atoms with E-state index in [0.717, 1.165) is 36.3 Å². The van der Waals surface area contributed by atoms with Gasteiger partial charge < -0.3 is 26.4 Å². The van der Waals surface area contributed by atoms with Crippen LogP contribution in [0.15, 0.2) is 37.2 Å². The van der Waals surface area contributed by atoms with Crippen molar-refractivity contribution in [3.8, 4) is 17.0 Å². The van der Waals surface area contributed by atoms with Crippen LogP contribution in [0.25, 0.3) is 16.8 Å². The number of ether oxygens (including phenoxy) is 1. The number of hydrogen-bond donors (Lipinski definition) is 3. The molecule has 5 N–H and O–H groups in total. The number of halogens is 1. The first-order valence-corrected chi connectivity index (χ1v) is 12.3. The number of amides is 1. The third kappa shape index (κ3) is 4.72. The van der Waals surface area contributed by atoms with Gasteiger partial charge in [-0.15, -0.1) is 11.3 Å². The van der Waals surface area contributed by atoms with E-state index in [2.05, 4.69) is 30.3 Å². The van der Waals surface area contributed by atoms with Crippen LogP contribution in [-0.2, 0) is 0 Å². The number of aromatic nitrogens is 5. The van der Waals surface area contributed by atoms with E-state index >= 15 is 0 Å². The molecule has 13 heteroatoms. The van der Waals surface area contributed by atoms with Crippen LogP contribution in [0.1, 0.15) is 22.5 Å². The number of rotatable bonds is 7. The highest BCUT2D eigenvalue weighted by Crippen LogP contribution is 2.35. The van der Waals surface area contributed by atoms with Crippen LogP contribution in [0.2, 0.25) is 4.34 Å². The van der Waals surface area contributed by atoms with Gasteiger partial charge in [0.1, 0.15) is 35.4 Å². The van der Waals surface area contributed by atoms with Gasteiger partial charge >= 0.3 is 0 Å². The van der Waals surface area contributed by atoms with Crippen molar-refractivity contribution in [2.24, 2.45) is 5.73 Å². The second-order valence-corrected chi connectivity index (χ2v) is 9.77. The molecule has 0 saturated carbocycles.